The molecule has 1 rings (SSSR count). The fourth-order valence-electron chi connectivity index (χ4n) is 0.683. The molecule has 0 aromatic carbocycles. The summed E-state index contributed by atoms with van der Waals surface area (Å²) in [4.78, 5) is 10.9. The number of nitrogens with zero attached hydrogens (tertiary/aromatic N) is 2. The largest absolute Gasteiger partial charge is 0.346 e. The maximum Gasteiger partial charge on any atom is 0.327 e. The Balaban J connectivity index is 2.58. The summed E-state index contributed by atoms with van der Waals surface area (Å²) >= 11 is 1.09. The Morgan fingerprint density at radius 2 is 2.58 bits per heavy atom. The Hall–Kier alpha value is -1.12. The normalized spacial score (nSPS) is 9.67. The van der Waals surface area contributed by atoms with E-state index < -0.39 is 0 Å². The maximum atomic E-state index is 11.0. The molecule has 0 atom stereocenters. The molecular weight excluding hydrogens is 176 g/mol. The number of terminal acetylenes is 1. The highest BCUT2D eigenvalue weighted by molar-refractivity contribution is 7.08. The summed E-state index contributed by atoms with van der Waals surface area (Å²) in [6.07, 6.45) is 4.96. The molecule has 0 N–H and O–H groups in total. The van der Waals surface area contributed by atoms with Gasteiger partial charge in [-0.1, -0.05) is 17.3 Å². The summed E-state index contributed by atoms with van der Waals surface area (Å²) < 4.78 is 6.18. The van der Waals surface area contributed by atoms with Gasteiger partial charge in [-0.25, -0.2) is 0 Å². The van der Waals surface area contributed by atoms with E-state index in [-0.39, 0.29) is 18.2 Å². The van der Waals surface area contributed by atoms with Crippen LogP contribution in [0.4, 0.5) is 0 Å². The van der Waals surface area contributed by atoms with Gasteiger partial charge in [0.2, 0.25) is 0 Å². The summed E-state index contributed by atoms with van der Waals surface area (Å²) in [5.41, 5.74) is 0. The number of hydrogen-bond donors (Lipinski definition) is 0. The minimum Gasteiger partial charge on any atom is -0.346 e. The highest BCUT2D eigenvalue weighted by Gasteiger charge is 2.00. The highest BCUT2D eigenvalue weighted by atomic mass is 32.1. The maximum absolute atomic E-state index is 11.0. The third kappa shape index (κ3) is 2.19. The standard InChI is InChI=1S/C7H8N2O2S/c1-3-4-11-5-9-7(10)12-6(2)8-9/h1H,4-5H2,2H3. The van der Waals surface area contributed by atoms with Crippen molar-refractivity contribution in [3.05, 3.63) is 14.7 Å². The minimum absolute atomic E-state index is 0.121. The van der Waals surface area contributed by atoms with Gasteiger partial charge < -0.3 is 4.74 Å². The van der Waals surface area contributed by atoms with Gasteiger partial charge in [-0.3, -0.25) is 4.79 Å². The van der Waals surface area contributed by atoms with Gasteiger partial charge in [0.15, 0.2) is 0 Å². The van der Waals surface area contributed by atoms with Crippen LogP contribution >= 0.6 is 11.3 Å². The molecule has 0 amide bonds. The Kier molecular flexibility index (Phi) is 3.02. The lowest BCUT2D eigenvalue weighted by atomic mass is 10.8. The van der Waals surface area contributed by atoms with E-state index in [1.54, 1.807) is 6.92 Å². The van der Waals surface area contributed by atoms with E-state index in [0.29, 0.717) is 0 Å². The van der Waals surface area contributed by atoms with Crippen molar-refractivity contribution in [2.24, 2.45) is 0 Å². The third-order valence-corrected chi connectivity index (χ3v) is 1.87. The van der Waals surface area contributed by atoms with Crippen molar-refractivity contribution in [3.63, 3.8) is 0 Å². The highest BCUT2D eigenvalue weighted by Crippen LogP contribution is 1.94. The number of aryl methyl sites for hydroxylation is 1. The molecule has 0 saturated carbocycles. The SMILES string of the molecule is C#CCOCn1nc(C)sc1=O. The lowest BCUT2D eigenvalue weighted by Gasteiger charge is -1.96. The van der Waals surface area contributed by atoms with E-state index in [1.165, 1.54) is 4.68 Å². The average molecular weight is 184 g/mol. The molecule has 0 unspecified atom stereocenters. The van der Waals surface area contributed by atoms with Gasteiger partial charge in [0.05, 0.1) is 0 Å². The molecule has 0 spiro atoms. The molecule has 1 aromatic rings. The third-order valence-electron chi connectivity index (χ3n) is 1.11. The Labute approximate surface area is 73.8 Å². The molecule has 0 saturated heterocycles. The molecule has 0 aliphatic carbocycles. The summed E-state index contributed by atoms with van der Waals surface area (Å²) in [6, 6.07) is 0. The van der Waals surface area contributed by atoms with Gasteiger partial charge >= 0.3 is 4.87 Å². The molecule has 1 aromatic heterocycles. The molecule has 0 radical (unpaired) electrons. The predicted octanol–water partition coefficient (Wildman–Crippen LogP) is 0.221. The van der Waals surface area contributed by atoms with E-state index in [4.69, 9.17) is 11.2 Å². The second-order valence-electron chi connectivity index (χ2n) is 2.07. The summed E-state index contributed by atoms with van der Waals surface area (Å²) in [5, 5.41) is 4.64. The molecule has 0 aliphatic rings. The first-order chi connectivity index (χ1) is 5.74. The fraction of sp³-hybridized carbons (Fsp3) is 0.429. The molecule has 12 heavy (non-hydrogen) atoms. The zero-order valence-electron chi connectivity index (χ0n) is 6.61. The van der Waals surface area contributed by atoms with Crippen LogP contribution in [0.15, 0.2) is 4.79 Å². The molecule has 1 heterocycles. The molecule has 0 aliphatic heterocycles. The van der Waals surface area contributed by atoms with Gasteiger partial charge in [0.25, 0.3) is 0 Å². The van der Waals surface area contributed by atoms with E-state index in [9.17, 15) is 4.79 Å². The van der Waals surface area contributed by atoms with Crippen LogP contribution in [0.2, 0.25) is 0 Å². The van der Waals surface area contributed by atoms with Crippen LogP contribution in [0.3, 0.4) is 0 Å². The van der Waals surface area contributed by atoms with Crippen LogP contribution in [-0.2, 0) is 11.5 Å². The van der Waals surface area contributed by atoms with Gasteiger partial charge in [-0.15, -0.1) is 6.42 Å². The van der Waals surface area contributed by atoms with E-state index in [0.717, 1.165) is 16.3 Å². The molecule has 0 bridgehead atoms. The number of ether oxygens (including phenoxy) is 1. The molecule has 64 valence electrons. The second-order valence-corrected chi connectivity index (χ2v) is 3.21. The minimum atomic E-state index is -0.121. The van der Waals surface area contributed by atoms with Crippen molar-refractivity contribution in [1.82, 2.24) is 9.78 Å². The summed E-state index contributed by atoms with van der Waals surface area (Å²) in [5.74, 6) is 2.30. The number of rotatable bonds is 3. The Morgan fingerprint density at radius 3 is 3.08 bits per heavy atom. The van der Waals surface area contributed by atoms with Crippen molar-refractivity contribution in [3.8, 4) is 12.3 Å². The van der Waals surface area contributed by atoms with Crippen LogP contribution in [0, 0.1) is 19.3 Å². The van der Waals surface area contributed by atoms with Crippen LogP contribution in [0.25, 0.3) is 0 Å². The van der Waals surface area contributed by atoms with E-state index in [1.807, 2.05) is 0 Å². The first kappa shape index (κ1) is 8.97. The number of aromatic nitrogens is 2. The fourth-order valence-corrected chi connectivity index (χ4v) is 1.27. The second kappa shape index (κ2) is 4.04. The molecule has 4 nitrogen and oxygen atoms in total. The zero-order chi connectivity index (χ0) is 8.97. The van der Waals surface area contributed by atoms with Gasteiger partial charge in [-0.05, 0) is 6.92 Å². The van der Waals surface area contributed by atoms with Crippen LogP contribution in [0.5, 0.6) is 0 Å². The lowest BCUT2D eigenvalue weighted by molar-refractivity contribution is 0.0925. The Bertz CT molecular complexity index is 347. The van der Waals surface area contributed by atoms with Gasteiger partial charge in [0, 0.05) is 0 Å². The van der Waals surface area contributed by atoms with Crippen molar-refractivity contribution in [2.75, 3.05) is 6.61 Å². The predicted molar refractivity (Wildman–Crippen MR) is 45.9 cm³/mol. The van der Waals surface area contributed by atoms with Crippen molar-refractivity contribution >= 4 is 11.3 Å². The average Bonchev–Trinajstić information content (AvgIpc) is 2.31. The summed E-state index contributed by atoms with van der Waals surface area (Å²) in [7, 11) is 0. The first-order valence-corrected chi connectivity index (χ1v) is 4.11. The number of hydrogen-bond acceptors (Lipinski definition) is 4. The van der Waals surface area contributed by atoms with Crippen LogP contribution in [0.1, 0.15) is 5.01 Å². The topological polar surface area (TPSA) is 44.1 Å². The van der Waals surface area contributed by atoms with Gasteiger partial charge in [0.1, 0.15) is 18.3 Å². The molecule has 0 fully saturated rings. The van der Waals surface area contributed by atoms with Crippen molar-refractivity contribution in [1.29, 1.82) is 0 Å². The van der Waals surface area contributed by atoms with Crippen molar-refractivity contribution < 1.29 is 4.74 Å². The van der Waals surface area contributed by atoms with Crippen molar-refractivity contribution in [2.45, 2.75) is 13.7 Å². The van der Waals surface area contributed by atoms with Crippen LogP contribution < -0.4 is 4.87 Å². The zero-order valence-corrected chi connectivity index (χ0v) is 7.43. The lowest BCUT2D eigenvalue weighted by Crippen LogP contribution is -2.16. The monoisotopic (exact) mass is 184 g/mol. The quantitative estimate of drug-likeness (QED) is 0.498. The van der Waals surface area contributed by atoms with E-state index in [2.05, 4.69) is 11.0 Å². The molecule has 5 heteroatoms. The molecular formula is C7H8N2O2S. The van der Waals surface area contributed by atoms with Crippen LogP contribution in [-0.4, -0.2) is 16.4 Å². The smallest absolute Gasteiger partial charge is 0.327 e. The van der Waals surface area contributed by atoms with E-state index >= 15 is 0 Å². The van der Waals surface area contributed by atoms with Gasteiger partial charge in [-0.2, -0.15) is 9.78 Å². The summed E-state index contributed by atoms with van der Waals surface area (Å²) in [6.45, 7) is 2.10. The Morgan fingerprint density at radius 1 is 1.83 bits per heavy atom. The first-order valence-electron chi connectivity index (χ1n) is 3.30.